The van der Waals surface area contributed by atoms with E-state index in [1.165, 1.54) is 13.8 Å². The van der Waals surface area contributed by atoms with Gasteiger partial charge in [0.2, 0.25) is 11.7 Å². The third-order valence-electron chi connectivity index (χ3n) is 11.1. The monoisotopic (exact) mass is 591 g/mol. The highest BCUT2D eigenvalue weighted by atomic mass is 16.5. The lowest BCUT2D eigenvalue weighted by Crippen LogP contribution is -2.62. The first-order chi connectivity index (χ1) is 19.5. The number of aliphatic carboxylic acids is 1. The molecule has 8 atom stereocenters. The second-order valence-corrected chi connectivity index (χ2v) is 14.1. The van der Waals surface area contributed by atoms with Crippen LogP contribution in [0.1, 0.15) is 85.5 Å². The Morgan fingerprint density at radius 1 is 1.12 bits per heavy atom. The van der Waals surface area contributed by atoms with Gasteiger partial charge in [-0.05, 0) is 67.8 Å². The minimum atomic E-state index is -1.77. The van der Waals surface area contributed by atoms with Crippen LogP contribution in [0.5, 0.6) is 0 Å². The summed E-state index contributed by atoms with van der Waals surface area (Å²) in [5, 5.41) is 44.5. The van der Waals surface area contributed by atoms with Crippen molar-refractivity contribution in [2.24, 2.45) is 34.0 Å². The number of carbonyl (C=O) groups is 5. The summed E-state index contributed by atoms with van der Waals surface area (Å²) in [5.41, 5.74) is -2.97. The molecule has 5 N–H and O–H groups in total. The molecule has 0 radical (unpaired) electrons. The number of amides is 1. The number of hydrogen-bond acceptors (Lipinski definition) is 9. The van der Waals surface area contributed by atoms with Crippen LogP contribution in [0.3, 0.4) is 0 Å². The number of fused-ring (bicyclic) bond motifs is 5. The number of ether oxygens (including phenoxy) is 1. The van der Waals surface area contributed by atoms with E-state index in [9.17, 15) is 39.3 Å². The quantitative estimate of drug-likeness (QED) is 0.234. The summed E-state index contributed by atoms with van der Waals surface area (Å²) in [5.74, 6) is -3.18. The van der Waals surface area contributed by atoms with Gasteiger partial charge in [0.1, 0.15) is 5.60 Å². The number of esters is 1. The highest BCUT2D eigenvalue weighted by molar-refractivity contribution is 5.92. The number of aliphatic hydroxyl groups excluding tert-OH is 2. The van der Waals surface area contributed by atoms with E-state index >= 15 is 0 Å². The molecule has 0 aromatic rings. The molecule has 4 aliphatic carbocycles. The van der Waals surface area contributed by atoms with E-state index in [1.807, 2.05) is 6.92 Å². The molecule has 11 heteroatoms. The number of carboxylic acid groups (broad SMARTS) is 1. The smallest absolute Gasteiger partial charge is 0.333 e. The number of carboxylic acids is 1. The fraction of sp³-hybridized carbons (Fsp3) is 0.774. The number of aliphatic hydroxyl groups is 3. The summed E-state index contributed by atoms with van der Waals surface area (Å²) in [6.45, 7) is 6.19. The predicted molar refractivity (Wildman–Crippen MR) is 149 cm³/mol. The molecule has 4 aliphatic rings. The Morgan fingerprint density at radius 3 is 2.48 bits per heavy atom. The maximum atomic E-state index is 13.4. The van der Waals surface area contributed by atoms with Crippen LogP contribution in [0.25, 0.3) is 0 Å². The largest absolute Gasteiger partial charge is 0.479 e. The fourth-order valence-corrected chi connectivity index (χ4v) is 8.55. The predicted octanol–water partition coefficient (Wildman–Crippen LogP) is 1.70. The third-order valence-corrected chi connectivity index (χ3v) is 11.1. The van der Waals surface area contributed by atoms with E-state index in [2.05, 4.69) is 12.2 Å². The lowest BCUT2D eigenvalue weighted by Gasteiger charge is -2.60. The fourth-order valence-electron chi connectivity index (χ4n) is 8.55. The van der Waals surface area contributed by atoms with Gasteiger partial charge in [-0.3, -0.25) is 19.2 Å². The highest BCUT2D eigenvalue weighted by Crippen LogP contribution is 2.67. The molecule has 0 unspecified atom stereocenters. The Morgan fingerprint density at radius 2 is 1.81 bits per heavy atom. The Bertz CT molecular complexity index is 1180. The molecule has 3 fully saturated rings. The third kappa shape index (κ3) is 5.55. The first kappa shape index (κ1) is 32.3. The number of nitrogens with one attached hydrogen (secondary N) is 1. The van der Waals surface area contributed by atoms with Crippen molar-refractivity contribution < 1.29 is 49.1 Å². The summed E-state index contributed by atoms with van der Waals surface area (Å²) < 4.78 is 5.15. The number of allylic oxidation sites excluding steroid dienone is 1. The number of Topliss-reactive ketones (excluding diaryl/α,β-unsaturated/α-hetero) is 1. The Kier molecular flexibility index (Phi) is 8.81. The minimum absolute atomic E-state index is 0.000790. The van der Waals surface area contributed by atoms with Gasteiger partial charge in [0.05, 0.1) is 12.5 Å². The molecule has 1 amide bonds. The zero-order valence-corrected chi connectivity index (χ0v) is 25.0. The SMILES string of the molecule is CC(C)(CNC(=O)CCC(=O)OCC(=O)[C@@]1(O)CC[C@H]2[C@@H]3CCC4=CC(=O)CC[C@]4(C)[C@H]3[C@@H](O)C[C@@]21C)[C@@H](O)C(=O)O. The molecule has 4 rings (SSSR count). The van der Waals surface area contributed by atoms with Crippen molar-refractivity contribution in [1.82, 2.24) is 5.32 Å². The van der Waals surface area contributed by atoms with Gasteiger partial charge in [-0.15, -0.1) is 0 Å². The molecule has 0 spiro atoms. The van der Waals surface area contributed by atoms with Crippen LogP contribution < -0.4 is 5.32 Å². The van der Waals surface area contributed by atoms with E-state index < -0.39 is 58.9 Å². The van der Waals surface area contributed by atoms with Crippen LogP contribution in [0.2, 0.25) is 0 Å². The normalized spacial score (nSPS) is 36.5. The minimum Gasteiger partial charge on any atom is -0.479 e. The van der Waals surface area contributed by atoms with E-state index in [1.54, 1.807) is 6.08 Å². The van der Waals surface area contributed by atoms with E-state index in [0.717, 1.165) is 18.4 Å². The van der Waals surface area contributed by atoms with Crippen LogP contribution in [0, 0.1) is 34.0 Å². The molecule has 42 heavy (non-hydrogen) atoms. The molecule has 0 bridgehead atoms. The summed E-state index contributed by atoms with van der Waals surface area (Å²) in [6.07, 6.45) is 2.50. The van der Waals surface area contributed by atoms with E-state index in [-0.39, 0.29) is 61.2 Å². The highest BCUT2D eigenvalue weighted by Gasteiger charge is 2.68. The second-order valence-electron chi connectivity index (χ2n) is 14.1. The maximum Gasteiger partial charge on any atom is 0.333 e. The van der Waals surface area contributed by atoms with E-state index in [4.69, 9.17) is 9.84 Å². The lowest BCUT2D eigenvalue weighted by atomic mass is 9.45. The Labute approximate surface area is 246 Å². The van der Waals surface area contributed by atoms with Gasteiger partial charge in [0.25, 0.3) is 0 Å². The van der Waals surface area contributed by atoms with Gasteiger partial charge in [0, 0.05) is 30.2 Å². The van der Waals surface area contributed by atoms with Gasteiger partial charge >= 0.3 is 11.9 Å². The molecule has 0 aromatic heterocycles. The maximum absolute atomic E-state index is 13.4. The molecule has 3 saturated carbocycles. The van der Waals surface area contributed by atoms with Crippen molar-refractivity contribution >= 4 is 29.4 Å². The van der Waals surface area contributed by atoms with Gasteiger partial charge in [-0.1, -0.05) is 33.3 Å². The zero-order chi connectivity index (χ0) is 31.3. The van der Waals surface area contributed by atoms with Crippen molar-refractivity contribution in [2.45, 2.75) is 103 Å². The van der Waals surface area contributed by atoms with Crippen molar-refractivity contribution in [1.29, 1.82) is 0 Å². The van der Waals surface area contributed by atoms with Crippen LogP contribution in [0.15, 0.2) is 11.6 Å². The van der Waals surface area contributed by atoms with Crippen LogP contribution in [-0.4, -0.2) is 80.8 Å². The molecular weight excluding hydrogens is 546 g/mol. The van der Waals surface area contributed by atoms with Gasteiger partial charge in [-0.25, -0.2) is 4.79 Å². The average molecular weight is 592 g/mol. The van der Waals surface area contributed by atoms with Crippen molar-refractivity contribution in [3.63, 3.8) is 0 Å². The summed E-state index contributed by atoms with van der Waals surface area (Å²) in [7, 11) is 0. The Hall–Kier alpha value is -2.63. The molecule has 234 valence electrons. The van der Waals surface area contributed by atoms with Crippen molar-refractivity contribution in [3.8, 4) is 0 Å². The first-order valence-corrected chi connectivity index (χ1v) is 15.0. The second kappa shape index (κ2) is 11.5. The standard InChI is InChI=1S/C31H45NO10/c1-28(2,26(38)27(39)40)16-32-23(36)7-8-24(37)42-15-22(35)31(41)12-10-20-19-6-5-17-13-18(33)9-11-29(17,3)25(19)21(34)14-30(20,31)4/h13,19-21,25-26,34,38,41H,5-12,14-16H2,1-4H3,(H,32,36)(H,39,40)/t19-,20-,21-,25+,26-,29-,30-,31-/m0/s1. The number of hydrogen-bond donors (Lipinski definition) is 5. The van der Waals surface area contributed by atoms with Crippen LogP contribution in [0.4, 0.5) is 0 Å². The molecule has 0 heterocycles. The molecule has 0 aromatic carbocycles. The van der Waals surface area contributed by atoms with Gasteiger partial charge in [-0.2, -0.15) is 0 Å². The zero-order valence-electron chi connectivity index (χ0n) is 25.0. The van der Waals surface area contributed by atoms with Crippen LogP contribution in [-0.2, 0) is 28.7 Å². The van der Waals surface area contributed by atoms with E-state index in [0.29, 0.717) is 19.3 Å². The lowest BCUT2D eigenvalue weighted by molar-refractivity contribution is -0.184. The van der Waals surface area contributed by atoms with Gasteiger partial charge < -0.3 is 30.5 Å². The number of rotatable bonds is 10. The molecule has 0 saturated heterocycles. The first-order valence-electron chi connectivity index (χ1n) is 15.0. The topological polar surface area (TPSA) is 188 Å². The van der Waals surface area contributed by atoms with Crippen LogP contribution >= 0.6 is 0 Å². The Balaban J connectivity index is 1.33. The molecular formula is C31H45NO10. The summed E-state index contributed by atoms with van der Waals surface area (Å²) in [6, 6.07) is 0. The van der Waals surface area contributed by atoms with Crippen molar-refractivity contribution in [2.75, 3.05) is 13.2 Å². The average Bonchev–Trinajstić information content (AvgIpc) is 3.19. The molecule has 11 nitrogen and oxygen atoms in total. The van der Waals surface area contributed by atoms with Crippen molar-refractivity contribution in [3.05, 3.63) is 11.6 Å². The molecule has 0 aliphatic heterocycles. The summed E-state index contributed by atoms with van der Waals surface area (Å²) >= 11 is 0. The number of ketones is 2. The number of carbonyl (C=O) groups excluding carboxylic acids is 4. The van der Waals surface area contributed by atoms with Gasteiger partial charge in [0.15, 0.2) is 18.5 Å². The summed E-state index contributed by atoms with van der Waals surface area (Å²) in [4.78, 5) is 61.0.